The molecule has 11 rings (SSSR count). The maximum atomic E-state index is 16.2. The average Bonchev–Trinajstić information content (AvgIpc) is 4.29. The molecule has 0 spiro atoms. The van der Waals surface area contributed by atoms with E-state index in [4.69, 9.17) is 0 Å². The van der Waals surface area contributed by atoms with Crippen molar-refractivity contribution in [3.63, 3.8) is 0 Å². The molecule has 0 fully saturated rings. The van der Waals surface area contributed by atoms with E-state index in [9.17, 15) is 18.3 Å². The molecule has 4 aromatic heterocycles. The van der Waals surface area contributed by atoms with E-state index in [-0.39, 0.29) is 45.0 Å². The molecule has 9 aromatic rings. The summed E-state index contributed by atoms with van der Waals surface area (Å²) in [6, 6.07) is 13.7. The molecule has 2 aliphatic rings. The molecule has 8 bridgehead atoms. The van der Waals surface area contributed by atoms with Crippen molar-refractivity contribution in [3.05, 3.63) is 176 Å². The van der Waals surface area contributed by atoms with Crippen molar-refractivity contribution in [2.45, 2.75) is 26.2 Å². The molecule has 2 aliphatic heterocycles. The Labute approximate surface area is 421 Å². The Kier molecular flexibility index (Phi) is 11.6. The smallest absolute Gasteiger partial charge is 0.200 e. The second-order valence-corrected chi connectivity index (χ2v) is 18.6. The number of phenolic OH excluding ortho intramolecular Hbond substituents is 1. The highest BCUT2D eigenvalue weighted by atomic mass is 19.2. The normalized spacial score (nSPS) is 12.5. The van der Waals surface area contributed by atoms with E-state index in [0.29, 0.717) is 11.0 Å². The number of aromatic amines is 3. The molecular weight excluding hydrogens is 1050 g/mol. The van der Waals surface area contributed by atoms with Gasteiger partial charge in [-0.05, 0) is 83.8 Å². The van der Waals surface area contributed by atoms with Gasteiger partial charge in [0.15, 0.2) is 69.8 Å². The summed E-state index contributed by atoms with van der Waals surface area (Å²) in [5.41, 5.74) is -12.1. The van der Waals surface area contributed by atoms with Crippen molar-refractivity contribution in [2.24, 2.45) is 0 Å². The van der Waals surface area contributed by atoms with Crippen LogP contribution in [0.4, 0.5) is 65.9 Å². The molecule has 0 amide bonds. The van der Waals surface area contributed by atoms with Crippen LogP contribution in [0.5, 0.6) is 5.75 Å². The Morgan fingerprint density at radius 1 is 0.364 bits per heavy atom. The first-order valence-electron chi connectivity index (χ1n) is 22.5. The Bertz CT molecular complexity index is 4170. The third-order valence-electron chi connectivity index (χ3n) is 13.0. The Balaban J connectivity index is 1.38. The van der Waals surface area contributed by atoms with Crippen LogP contribution in [-0.2, 0) is 5.41 Å². The molecule has 0 saturated heterocycles. The number of benzene rings is 5. The minimum Gasteiger partial charge on any atom is -0.507 e. The van der Waals surface area contributed by atoms with Gasteiger partial charge in [-0.15, -0.1) is 0 Å². The van der Waals surface area contributed by atoms with Gasteiger partial charge in [-0.25, -0.2) is 80.8 Å². The number of hydrogen-bond donors (Lipinski definition) is 4. The fourth-order valence-corrected chi connectivity index (χ4v) is 9.38. The zero-order valence-corrected chi connectivity index (χ0v) is 39.0. The number of imidazole rings is 1. The maximum absolute atomic E-state index is 16.2. The van der Waals surface area contributed by atoms with Gasteiger partial charge in [0.1, 0.15) is 11.6 Å². The highest BCUT2D eigenvalue weighted by Gasteiger charge is 2.34. The number of rotatable bonds is 5. The summed E-state index contributed by atoms with van der Waals surface area (Å²) < 4.78 is 232. The largest absolute Gasteiger partial charge is 0.507 e. The summed E-state index contributed by atoms with van der Waals surface area (Å²) in [5.74, 6) is -37.3. The van der Waals surface area contributed by atoms with Crippen molar-refractivity contribution >= 4 is 57.4 Å². The van der Waals surface area contributed by atoms with Crippen LogP contribution >= 0.6 is 0 Å². The number of hydrogen-bond acceptors (Lipinski definition) is 4. The molecule has 22 heteroatoms. The number of aromatic nitrogens is 6. The van der Waals surface area contributed by atoms with Crippen LogP contribution in [0, 0.1) is 87.3 Å². The predicted octanol–water partition coefficient (Wildman–Crippen LogP) is 16.0. The van der Waals surface area contributed by atoms with Crippen LogP contribution in [0.25, 0.3) is 113 Å². The first-order valence-corrected chi connectivity index (χ1v) is 22.5. The lowest BCUT2D eigenvalue weighted by Gasteiger charge is -2.23. The van der Waals surface area contributed by atoms with Gasteiger partial charge >= 0.3 is 0 Å². The van der Waals surface area contributed by atoms with Gasteiger partial charge in [-0.1, -0.05) is 32.9 Å². The number of nitrogens with one attached hydrogen (secondary N) is 3. The Morgan fingerprint density at radius 2 is 0.701 bits per heavy atom. The number of phenols is 1. The van der Waals surface area contributed by atoms with Crippen LogP contribution < -0.4 is 0 Å². The van der Waals surface area contributed by atoms with E-state index in [1.807, 2.05) is 0 Å². The van der Waals surface area contributed by atoms with Crippen LogP contribution in [0.1, 0.15) is 49.1 Å². The van der Waals surface area contributed by atoms with Gasteiger partial charge in [0, 0.05) is 49.9 Å². The summed E-state index contributed by atoms with van der Waals surface area (Å²) in [7, 11) is 0. The summed E-state index contributed by atoms with van der Waals surface area (Å²) in [4.78, 5) is 21.9. The summed E-state index contributed by atoms with van der Waals surface area (Å²) in [6.45, 7) is 5.21. The van der Waals surface area contributed by atoms with Crippen LogP contribution in [0.15, 0.2) is 60.7 Å². The first-order chi connectivity index (χ1) is 36.5. The lowest BCUT2D eigenvalue weighted by atomic mass is 9.83. The van der Waals surface area contributed by atoms with Crippen LogP contribution in [-0.4, -0.2) is 35.0 Å². The molecular formula is C55H27F15N6O. The van der Waals surface area contributed by atoms with Crippen molar-refractivity contribution in [1.29, 1.82) is 0 Å². The minimum absolute atomic E-state index is 0.0670. The molecule has 388 valence electrons. The highest BCUT2D eigenvalue weighted by molar-refractivity contribution is 6.01. The van der Waals surface area contributed by atoms with Gasteiger partial charge in [0.2, 0.25) is 17.5 Å². The van der Waals surface area contributed by atoms with Gasteiger partial charge in [-0.2, -0.15) is 0 Å². The van der Waals surface area contributed by atoms with E-state index in [0.717, 1.165) is 36.4 Å². The Morgan fingerprint density at radius 3 is 1.06 bits per heavy atom. The number of H-pyrrole nitrogens is 3. The van der Waals surface area contributed by atoms with Crippen molar-refractivity contribution < 1.29 is 71.0 Å². The molecule has 0 saturated carbocycles. The van der Waals surface area contributed by atoms with Gasteiger partial charge in [-0.3, -0.25) is 0 Å². The molecule has 0 unspecified atom stereocenters. The SMILES string of the molecule is CC(C)(C)c1cc(-c2c3nc(c(-c4c(F)c(F)c(F)c(F)c4F)c4ccc([nH]4)c(-c4c(F)c(F)c(F)c(F)c4F)c4nc(c(-c5c(F)c(F)c(F)c(F)c5F)c5ccc2[nH]5)C=C4)C=C3)cc(-c2nc3ccccc3[nH]2)c1O. The van der Waals surface area contributed by atoms with E-state index in [1.165, 1.54) is 24.3 Å². The monoisotopic (exact) mass is 1070 g/mol. The third kappa shape index (κ3) is 7.66. The lowest BCUT2D eigenvalue weighted by Crippen LogP contribution is -2.12. The summed E-state index contributed by atoms with van der Waals surface area (Å²) >= 11 is 0. The molecule has 7 nitrogen and oxygen atoms in total. The van der Waals surface area contributed by atoms with E-state index in [1.54, 1.807) is 45.0 Å². The molecule has 6 heterocycles. The lowest BCUT2D eigenvalue weighted by molar-refractivity contribution is 0.381. The third-order valence-corrected chi connectivity index (χ3v) is 13.0. The molecule has 77 heavy (non-hydrogen) atoms. The van der Waals surface area contributed by atoms with Crippen LogP contribution in [0.3, 0.4) is 0 Å². The molecule has 5 aromatic carbocycles. The number of nitrogens with zero attached hydrogens (tertiary/aromatic N) is 3. The fraction of sp³-hybridized carbons (Fsp3) is 0.0727. The number of halogens is 15. The van der Waals surface area contributed by atoms with Gasteiger partial charge in [0.25, 0.3) is 0 Å². The zero-order valence-electron chi connectivity index (χ0n) is 39.0. The van der Waals surface area contributed by atoms with Crippen molar-refractivity contribution in [3.8, 4) is 61.6 Å². The first kappa shape index (κ1) is 50.1. The minimum atomic E-state index is -2.63. The van der Waals surface area contributed by atoms with E-state index in [2.05, 4.69) is 29.9 Å². The summed E-state index contributed by atoms with van der Waals surface area (Å²) in [5, 5.41) is 12.0. The second kappa shape index (κ2) is 17.8. The van der Waals surface area contributed by atoms with Gasteiger partial charge < -0.3 is 20.1 Å². The highest BCUT2D eigenvalue weighted by Crippen LogP contribution is 2.46. The van der Waals surface area contributed by atoms with Crippen molar-refractivity contribution in [1.82, 2.24) is 29.9 Å². The van der Waals surface area contributed by atoms with Crippen molar-refractivity contribution in [2.75, 3.05) is 0 Å². The number of para-hydroxylation sites is 2. The molecule has 0 atom stereocenters. The number of fused-ring (bicyclic) bond motifs is 9. The van der Waals surface area contributed by atoms with E-state index >= 15 is 52.7 Å². The molecule has 0 aliphatic carbocycles. The Hall–Kier alpha value is -9.08. The molecule has 4 N–H and O–H groups in total. The fourth-order valence-electron chi connectivity index (χ4n) is 9.38. The zero-order chi connectivity index (χ0) is 55.0. The predicted molar refractivity (Wildman–Crippen MR) is 255 cm³/mol. The average molecular weight is 1070 g/mol. The maximum Gasteiger partial charge on any atom is 0.200 e. The molecule has 0 radical (unpaired) electrons. The quantitative estimate of drug-likeness (QED) is 0.0783. The van der Waals surface area contributed by atoms with Crippen LogP contribution in [0.2, 0.25) is 0 Å². The topological polar surface area (TPSA) is 106 Å². The van der Waals surface area contributed by atoms with Gasteiger partial charge in [0.05, 0.1) is 56.1 Å². The second-order valence-electron chi connectivity index (χ2n) is 18.6. The van der Waals surface area contributed by atoms with E-state index < -0.39 is 160 Å². The summed E-state index contributed by atoms with van der Waals surface area (Å²) in [6.07, 6.45) is 3.85. The number of aromatic hydroxyl groups is 1. The standard InChI is InChI=1S/C55H27F15N6O/c1-55(2,3)20-17-18(16-19(53(20)77)54-75-21-6-4-5-7-22(21)76-54)31-23-8-10-25(71-23)32(35-38(56)44(62)50(68)45(63)39(35)57)27-12-14-29(73-27)34(37-42(60)48(66)52(70)49(67)43(37)61)30-15-13-28(74-30)33(26-11-9-24(31)72-26)36-40(58)46(64)51(69)47(65)41(36)59/h4-17,71,74,77H,1-3H3,(H,75,76).